The molecule has 2 saturated heterocycles. The zero-order valence-electron chi connectivity index (χ0n) is 65.4. The lowest BCUT2D eigenvalue weighted by Crippen LogP contribution is -2.30. The van der Waals surface area contributed by atoms with E-state index >= 15 is 0 Å². The molecule has 2 rings (SSSR count). The van der Waals surface area contributed by atoms with E-state index in [1.54, 1.807) is 6.92 Å². The Morgan fingerprint density at radius 3 is 0.854 bits per heavy atom. The number of hydrogen-bond donors (Lipinski definition) is 2. The molecule has 22 nitrogen and oxygen atoms in total. The van der Waals surface area contributed by atoms with Crippen LogP contribution < -0.4 is 0 Å². The lowest BCUT2D eigenvalue weighted by atomic mass is 10.1. The van der Waals surface area contributed by atoms with Crippen LogP contribution >= 0.6 is 0 Å². The molecule has 0 aliphatic carbocycles. The molecule has 0 spiro atoms. The van der Waals surface area contributed by atoms with Crippen LogP contribution in [0.4, 0.5) is 0 Å². The van der Waals surface area contributed by atoms with Crippen LogP contribution in [0.15, 0.2) is 24.3 Å². The molecule has 0 radical (unpaired) electrons. The molecule has 22 heteroatoms. The van der Waals surface area contributed by atoms with Crippen molar-refractivity contribution in [1.82, 2.24) is 0 Å². The van der Waals surface area contributed by atoms with Gasteiger partial charge >= 0.3 is 53.7 Å². The molecule has 0 aromatic heterocycles. The number of aliphatic hydroxyl groups excluding tert-OH is 2. The first-order chi connectivity index (χ1) is 49.6. The molecule has 2 aliphatic heterocycles. The van der Waals surface area contributed by atoms with Gasteiger partial charge in [-0.15, -0.1) is 0 Å². The van der Waals surface area contributed by atoms with Crippen LogP contribution in [0.3, 0.4) is 0 Å². The Morgan fingerprint density at radius 1 is 0.350 bits per heavy atom. The van der Waals surface area contributed by atoms with Crippen molar-refractivity contribution >= 4 is 53.7 Å². The van der Waals surface area contributed by atoms with Crippen LogP contribution in [0.2, 0.25) is 0 Å². The van der Waals surface area contributed by atoms with Crippen molar-refractivity contribution in [3.63, 3.8) is 0 Å². The number of carbonyl (C=O) groups is 9. The van der Waals surface area contributed by atoms with Crippen molar-refractivity contribution in [1.29, 1.82) is 0 Å². The summed E-state index contributed by atoms with van der Waals surface area (Å²) in [6.07, 6.45) is 47.3. The van der Waals surface area contributed by atoms with Crippen LogP contribution in [-0.2, 0) is 95.3 Å². The number of aliphatic hydroxyl groups is 2. The SMILES string of the molecule is CC(=O)OCC(COC(=O)CCCCCCCC1OC1C)OC(=O)CCCCCCCC1OC1C.CC=CCCCCCCCC(=O)OCC(COC(C)=O)OC(=O)CCCCCCCC=CC.CCC(O)CCCCCCCC(=O)OCC(COC(C)=O)OC(=O)CCCCCCCCC(C)O. The maximum absolute atomic E-state index is 12.2. The van der Waals surface area contributed by atoms with Gasteiger partial charge in [-0.1, -0.05) is 179 Å². The lowest BCUT2D eigenvalue weighted by molar-refractivity contribution is -0.166. The van der Waals surface area contributed by atoms with E-state index in [1.807, 2.05) is 20.8 Å². The van der Waals surface area contributed by atoms with E-state index in [0.29, 0.717) is 62.9 Å². The van der Waals surface area contributed by atoms with E-state index in [1.165, 1.54) is 33.6 Å². The summed E-state index contributed by atoms with van der Waals surface area (Å²) in [5.74, 6) is -3.50. The van der Waals surface area contributed by atoms with Crippen molar-refractivity contribution < 1.29 is 105 Å². The summed E-state index contributed by atoms with van der Waals surface area (Å²) < 4.78 is 57.7. The maximum atomic E-state index is 12.2. The predicted molar refractivity (Wildman–Crippen MR) is 397 cm³/mol. The molecule has 0 aromatic carbocycles. The van der Waals surface area contributed by atoms with Gasteiger partial charge in [0.05, 0.1) is 36.6 Å². The third-order valence-electron chi connectivity index (χ3n) is 17.6. The highest BCUT2D eigenvalue weighted by molar-refractivity contribution is 5.72. The molecule has 103 heavy (non-hydrogen) atoms. The van der Waals surface area contributed by atoms with Crippen molar-refractivity contribution in [2.45, 2.75) is 400 Å². The predicted octanol–water partition coefficient (Wildman–Crippen LogP) is 16.7. The standard InChI is InChI=1S/C27H46O8.C27H50O8.C27H46O6/c1-20-24(33-20)14-10-6-4-8-12-16-26(29)32-19-23(18-31-22(3)28)35-27(30)17-13-9-5-7-11-15-25-21(2)34-25;1-4-24(30)17-13-9-7-11-14-18-26(31)34-21-25(20-33-23(3)29)35-27(32)19-15-10-6-5-8-12-16-22(2)28;1-4-6-8-10-12-14-16-18-20-26(29)32-23-25(22-31-24(3)28)33-27(30)21-19-17-15-13-11-9-7-5-2/h20-21,23-25H,4-19H2,1-3H3;22,24-25,28,30H,4-21H2,1-3H3;4-7,25H,8-23H2,1-3H3. The minimum atomic E-state index is -0.805. The number of hydrogen-bond acceptors (Lipinski definition) is 22. The number of carbonyl (C=O) groups excluding carboxylic acids is 9. The first-order valence-electron chi connectivity index (χ1n) is 39.9. The second kappa shape index (κ2) is 68.4. The fraction of sp³-hybridized carbons (Fsp3) is 0.840. The van der Waals surface area contributed by atoms with Crippen molar-refractivity contribution in [3.05, 3.63) is 24.3 Å². The topological polar surface area (TPSA) is 302 Å². The largest absolute Gasteiger partial charge is 0.462 e. The van der Waals surface area contributed by atoms with Gasteiger partial charge in [0.15, 0.2) is 18.3 Å². The first kappa shape index (κ1) is 97.5. The quantitative estimate of drug-likeness (QED) is 0.0188. The number of epoxide rings is 2. The van der Waals surface area contributed by atoms with Crippen molar-refractivity contribution in [3.8, 4) is 0 Å². The molecule has 598 valence electrons. The maximum Gasteiger partial charge on any atom is 0.306 e. The highest BCUT2D eigenvalue weighted by Gasteiger charge is 2.33. The number of esters is 9. The molecule has 2 aliphatic rings. The molecular weight excluding hydrogens is 1320 g/mol. The molecular formula is C81H142O22. The molecule has 0 aromatic rings. The van der Waals surface area contributed by atoms with Gasteiger partial charge in [0, 0.05) is 59.3 Å². The number of rotatable bonds is 65. The van der Waals surface area contributed by atoms with Gasteiger partial charge in [0.25, 0.3) is 0 Å². The molecule has 2 N–H and O–H groups in total. The Hall–Kier alpha value is -5.45. The highest BCUT2D eigenvalue weighted by Crippen LogP contribution is 2.28. The Balaban J connectivity index is 0.00000152. The third-order valence-corrected chi connectivity index (χ3v) is 17.6. The molecule has 9 unspecified atom stereocenters. The van der Waals surface area contributed by atoms with Gasteiger partial charge in [0.2, 0.25) is 0 Å². The second-order valence-corrected chi connectivity index (χ2v) is 27.8. The van der Waals surface area contributed by atoms with Crippen LogP contribution in [-0.4, -0.2) is 159 Å². The lowest BCUT2D eigenvalue weighted by Gasteiger charge is -2.18. The third kappa shape index (κ3) is 69.4. The minimum Gasteiger partial charge on any atom is -0.462 e. The van der Waals surface area contributed by atoms with Gasteiger partial charge in [0.1, 0.15) is 39.6 Å². The fourth-order valence-electron chi connectivity index (χ4n) is 11.1. The molecule has 9 atom stereocenters. The zero-order chi connectivity index (χ0) is 76.4. The number of allylic oxidation sites excluding steroid dienone is 4. The summed E-state index contributed by atoms with van der Waals surface area (Å²) >= 11 is 0. The van der Waals surface area contributed by atoms with Gasteiger partial charge in [-0.2, -0.15) is 0 Å². The van der Waals surface area contributed by atoms with Crippen LogP contribution in [0.25, 0.3) is 0 Å². The molecule has 2 fully saturated rings. The molecule has 0 bridgehead atoms. The van der Waals surface area contributed by atoms with Crippen molar-refractivity contribution in [2.75, 3.05) is 39.6 Å². The average molecular weight is 1470 g/mol. The normalized spacial score (nSPS) is 16.5. The van der Waals surface area contributed by atoms with E-state index in [-0.39, 0.29) is 94.1 Å². The van der Waals surface area contributed by atoms with Gasteiger partial charge < -0.3 is 62.3 Å². The van der Waals surface area contributed by atoms with Crippen LogP contribution in [0.1, 0.15) is 345 Å². The number of unbranched alkanes of at least 4 members (excludes halogenated alkanes) is 27. The molecule has 2 heterocycles. The van der Waals surface area contributed by atoms with Crippen LogP contribution in [0.5, 0.6) is 0 Å². The van der Waals surface area contributed by atoms with Crippen LogP contribution in [0, 0.1) is 0 Å². The Morgan fingerprint density at radius 2 is 0.592 bits per heavy atom. The monoisotopic (exact) mass is 1470 g/mol. The van der Waals surface area contributed by atoms with E-state index in [2.05, 4.69) is 38.2 Å². The van der Waals surface area contributed by atoms with Gasteiger partial charge in [-0.3, -0.25) is 43.2 Å². The molecule has 0 saturated carbocycles. The fourth-order valence-corrected chi connectivity index (χ4v) is 11.1. The smallest absolute Gasteiger partial charge is 0.306 e. The Labute approximate surface area is 620 Å². The van der Waals surface area contributed by atoms with Crippen molar-refractivity contribution in [2.24, 2.45) is 0 Å². The van der Waals surface area contributed by atoms with E-state index in [9.17, 15) is 53.4 Å². The summed E-state index contributed by atoms with van der Waals surface area (Å²) in [5, 5.41) is 18.8. The van der Waals surface area contributed by atoms with E-state index in [0.717, 1.165) is 225 Å². The van der Waals surface area contributed by atoms with Gasteiger partial charge in [-0.25, -0.2) is 0 Å². The summed E-state index contributed by atoms with van der Waals surface area (Å²) in [5.41, 5.74) is 0. The minimum absolute atomic E-state index is 0.0911. The Bertz CT molecular complexity index is 2230. The highest BCUT2D eigenvalue weighted by atomic mass is 16.6. The average Bonchev–Trinajstić information content (AvgIpc) is 1.74. The van der Waals surface area contributed by atoms with Gasteiger partial charge in [-0.05, 0) is 131 Å². The first-order valence-corrected chi connectivity index (χ1v) is 39.9. The van der Waals surface area contributed by atoms with E-state index in [4.69, 9.17) is 52.1 Å². The zero-order valence-corrected chi connectivity index (χ0v) is 65.4. The summed E-state index contributed by atoms with van der Waals surface area (Å²) in [6, 6.07) is 0. The van der Waals surface area contributed by atoms with E-state index < -0.39 is 36.2 Å². The number of ether oxygens (including phenoxy) is 11. The summed E-state index contributed by atoms with van der Waals surface area (Å²) in [6.45, 7) is 15.2. The summed E-state index contributed by atoms with van der Waals surface area (Å²) in [4.78, 5) is 106. The second-order valence-electron chi connectivity index (χ2n) is 27.8. The molecule has 0 amide bonds. The summed E-state index contributed by atoms with van der Waals surface area (Å²) in [7, 11) is 0. The Kier molecular flexibility index (Phi) is 64.7.